The first-order chi connectivity index (χ1) is 9.41. The summed E-state index contributed by atoms with van der Waals surface area (Å²) in [5.41, 5.74) is 0. The molecule has 0 aromatic rings. The highest BCUT2D eigenvalue weighted by molar-refractivity contribution is 4.68. The second-order valence-electron chi connectivity index (χ2n) is 3.93. The third-order valence-electron chi connectivity index (χ3n) is 1.56. The zero-order valence-corrected chi connectivity index (χ0v) is 11.5. The molecule has 0 aliphatic heterocycles. The maximum absolute atomic E-state index is 11.1. The number of halogens is 10. The molecule has 0 radical (unpaired) electrons. The molecule has 12 heteroatoms. The van der Waals surface area contributed by atoms with Crippen LogP contribution >= 0.6 is 0 Å². The number of rotatable bonds is 3. The van der Waals surface area contributed by atoms with E-state index in [-0.39, 0.29) is 27.1 Å². The Morgan fingerprint density at radius 2 is 0.682 bits per heavy atom. The van der Waals surface area contributed by atoms with Gasteiger partial charge in [-0.1, -0.05) is 0 Å². The molecule has 0 amide bonds. The fourth-order valence-corrected chi connectivity index (χ4v) is 0.224. The van der Waals surface area contributed by atoms with E-state index in [0.717, 1.165) is 12.8 Å². The number of unbranched alkanes of at least 4 members (excludes halogenated alkanes) is 1. The molecule has 0 rings (SSSR count). The van der Waals surface area contributed by atoms with Gasteiger partial charge in [-0.15, -0.1) is 0 Å². The zero-order chi connectivity index (χ0) is 18.8. The van der Waals surface area contributed by atoms with Gasteiger partial charge in [0.2, 0.25) is 0 Å². The first-order valence-electron chi connectivity index (χ1n) is 5.52. The summed E-state index contributed by atoms with van der Waals surface area (Å²) in [5.74, 6) is -9.12. The van der Waals surface area contributed by atoms with Crippen molar-refractivity contribution in [3.8, 4) is 0 Å². The predicted octanol–water partition coefficient (Wildman–Crippen LogP) is 4.16. The van der Waals surface area contributed by atoms with Crippen LogP contribution in [0.3, 0.4) is 0 Å². The lowest BCUT2D eigenvalue weighted by Gasteiger charge is -2.12. The minimum atomic E-state index is -5.40. The van der Waals surface area contributed by atoms with Crippen LogP contribution in [-0.2, 0) is 0 Å². The third-order valence-corrected chi connectivity index (χ3v) is 1.56. The van der Waals surface area contributed by atoms with Gasteiger partial charge in [-0.05, 0) is 12.8 Å². The average molecular weight is 358 g/mol. The summed E-state index contributed by atoms with van der Waals surface area (Å²) in [6.07, 6.45) is -9.35. The standard InChI is InChI=1S/C4H10O2.2C3H3F5/c5-3-1-2-4-6;2*1-2(4,5)3(6,7)8/h5-6H,1-4H2;2*1H3. The van der Waals surface area contributed by atoms with Crippen LogP contribution in [0.4, 0.5) is 43.9 Å². The molecule has 2 nitrogen and oxygen atoms in total. The number of aliphatic hydroxyl groups excluding tert-OH is 2. The van der Waals surface area contributed by atoms with Crippen LogP contribution < -0.4 is 0 Å². The summed E-state index contributed by atoms with van der Waals surface area (Å²) in [4.78, 5) is 0. The van der Waals surface area contributed by atoms with Gasteiger partial charge >= 0.3 is 24.2 Å². The number of alkyl halides is 10. The Labute approximate surface area is 119 Å². The SMILES string of the molecule is CC(F)(F)C(F)(F)F.CC(F)(F)C(F)(F)F.OCCCCO. The summed E-state index contributed by atoms with van der Waals surface area (Å²) in [6.45, 7) is 0.0150. The van der Waals surface area contributed by atoms with Gasteiger partial charge in [-0.2, -0.15) is 43.9 Å². The molecule has 0 atom stereocenters. The number of hydrogen-bond donors (Lipinski definition) is 2. The van der Waals surface area contributed by atoms with Crippen molar-refractivity contribution in [3.05, 3.63) is 0 Å². The van der Waals surface area contributed by atoms with E-state index in [0.29, 0.717) is 0 Å². The molecule has 138 valence electrons. The Balaban J connectivity index is -0.000000249. The summed E-state index contributed by atoms with van der Waals surface area (Å²) < 4.78 is 109. The molecule has 2 N–H and O–H groups in total. The van der Waals surface area contributed by atoms with Crippen molar-refractivity contribution in [2.24, 2.45) is 0 Å². The largest absolute Gasteiger partial charge is 0.452 e. The second kappa shape index (κ2) is 10.1. The van der Waals surface area contributed by atoms with Crippen LogP contribution in [0.2, 0.25) is 0 Å². The summed E-state index contributed by atoms with van der Waals surface area (Å²) >= 11 is 0. The quantitative estimate of drug-likeness (QED) is 0.588. The molecule has 0 aromatic heterocycles. The summed E-state index contributed by atoms with van der Waals surface area (Å²) in [6, 6.07) is 0. The van der Waals surface area contributed by atoms with Crippen LogP contribution in [0.25, 0.3) is 0 Å². The van der Waals surface area contributed by atoms with Crippen molar-refractivity contribution in [2.45, 2.75) is 50.9 Å². The molecule has 0 unspecified atom stereocenters. The molecule has 0 saturated heterocycles. The summed E-state index contributed by atoms with van der Waals surface area (Å²) in [5, 5.41) is 16.2. The highest BCUT2D eigenvalue weighted by Gasteiger charge is 2.53. The Morgan fingerprint density at radius 3 is 0.727 bits per heavy atom. The van der Waals surface area contributed by atoms with Crippen molar-refractivity contribution < 1.29 is 54.1 Å². The van der Waals surface area contributed by atoms with E-state index >= 15 is 0 Å². The topological polar surface area (TPSA) is 40.5 Å². The molecule has 0 aliphatic carbocycles. The van der Waals surface area contributed by atoms with Crippen LogP contribution in [0.1, 0.15) is 26.7 Å². The van der Waals surface area contributed by atoms with E-state index in [2.05, 4.69) is 0 Å². The van der Waals surface area contributed by atoms with Crippen LogP contribution in [0.15, 0.2) is 0 Å². The third kappa shape index (κ3) is 15.6. The number of hydrogen-bond acceptors (Lipinski definition) is 2. The molecule has 0 spiro atoms. The Hall–Kier alpha value is -0.780. The molecule has 0 saturated carbocycles. The highest BCUT2D eigenvalue weighted by Crippen LogP contribution is 2.34. The average Bonchev–Trinajstić information content (AvgIpc) is 2.22. The summed E-state index contributed by atoms with van der Waals surface area (Å²) in [7, 11) is 0. The first-order valence-corrected chi connectivity index (χ1v) is 5.52. The Morgan fingerprint density at radius 1 is 0.545 bits per heavy atom. The van der Waals surface area contributed by atoms with E-state index in [9.17, 15) is 43.9 Å². The van der Waals surface area contributed by atoms with Crippen molar-refractivity contribution in [1.82, 2.24) is 0 Å². The van der Waals surface area contributed by atoms with Crippen LogP contribution in [-0.4, -0.2) is 47.6 Å². The van der Waals surface area contributed by atoms with E-state index in [1.54, 1.807) is 0 Å². The molecule has 0 heterocycles. The number of aliphatic hydroxyl groups is 2. The van der Waals surface area contributed by atoms with Crippen LogP contribution in [0.5, 0.6) is 0 Å². The van der Waals surface area contributed by atoms with Crippen molar-refractivity contribution in [1.29, 1.82) is 0 Å². The fraction of sp³-hybridized carbons (Fsp3) is 1.00. The van der Waals surface area contributed by atoms with Crippen molar-refractivity contribution in [3.63, 3.8) is 0 Å². The molecule has 22 heavy (non-hydrogen) atoms. The monoisotopic (exact) mass is 358 g/mol. The van der Waals surface area contributed by atoms with Gasteiger partial charge in [-0.3, -0.25) is 0 Å². The normalized spacial score (nSPS) is 12.8. The van der Waals surface area contributed by atoms with Gasteiger partial charge in [0.05, 0.1) is 0 Å². The van der Waals surface area contributed by atoms with Gasteiger partial charge in [0.15, 0.2) is 0 Å². The lowest BCUT2D eigenvalue weighted by Crippen LogP contribution is -2.32. The van der Waals surface area contributed by atoms with Gasteiger partial charge in [0, 0.05) is 27.1 Å². The molecule has 0 aliphatic rings. The van der Waals surface area contributed by atoms with E-state index in [1.165, 1.54) is 0 Å². The lowest BCUT2D eigenvalue weighted by molar-refractivity contribution is -0.273. The lowest BCUT2D eigenvalue weighted by atomic mass is 10.3. The maximum Gasteiger partial charge on any atom is 0.452 e. The van der Waals surface area contributed by atoms with Crippen LogP contribution in [0, 0.1) is 0 Å². The van der Waals surface area contributed by atoms with Gasteiger partial charge in [0.1, 0.15) is 0 Å². The molecule has 0 fully saturated rings. The van der Waals surface area contributed by atoms with Gasteiger partial charge < -0.3 is 10.2 Å². The first kappa shape index (κ1) is 26.1. The predicted molar refractivity (Wildman–Crippen MR) is 56.8 cm³/mol. The zero-order valence-electron chi connectivity index (χ0n) is 11.5. The van der Waals surface area contributed by atoms with Gasteiger partial charge in [-0.25, -0.2) is 0 Å². The van der Waals surface area contributed by atoms with Crippen molar-refractivity contribution >= 4 is 0 Å². The van der Waals surface area contributed by atoms with E-state index < -0.39 is 24.2 Å². The molecule has 0 aromatic carbocycles. The molecular formula is C10H16F10O2. The minimum Gasteiger partial charge on any atom is -0.396 e. The van der Waals surface area contributed by atoms with E-state index in [4.69, 9.17) is 10.2 Å². The highest BCUT2D eigenvalue weighted by atomic mass is 19.4. The van der Waals surface area contributed by atoms with Gasteiger partial charge in [0.25, 0.3) is 0 Å². The van der Waals surface area contributed by atoms with E-state index in [1.807, 2.05) is 0 Å². The maximum atomic E-state index is 11.1. The second-order valence-corrected chi connectivity index (χ2v) is 3.93. The minimum absolute atomic E-state index is 0.188. The van der Waals surface area contributed by atoms with Crippen molar-refractivity contribution in [2.75, 3.05) is 13.2 Å². The molecule has 0 bridgehead atoms. The molecular weight excluding hydrogens is 342 g/mol. The smallest absolute Gasteiger partial charge is 0.396 e. The Kier molecular flexibility index (Phi) is 12.0. The fourth-order valence-electron chi connectivity index (χ4n) is 0.224. The Bertz CT molecular complexity index is 209.